The lowest BCUT2D eigenvalue weighted by Gasteiger charge is -2.51. The molecule has 170 valence electrons. The summed E-state index contributed by atoms with van der Waals surface area (Å²) in [4.78, 5) is 10.4. The van der Waals surface area contributed by atoms with E-state index in [4.69, 9.17) is 0 Å². The van der Waals surface area contributed by atoms with Crippen LogP contribution in [0.1, 0.15) is 56.1 Å². The number of nitro benzene ring substituents is 1. The highest BCUT2D eigenvalue weighted by atomic mass is 32.2. The monoisotopic (exact) mass is 456 g/mol. The van der Waals surface area contributed by atoms with Crippen molar-refractivity contribution in [3.63, 3.8) is 0 Å². The molecule has 0 bridgehead atoms. The Bertz CT molecular complexity index is 1180. The van der Waals surface area contributed by atoms with Gasteiger partial charge in [0.1, 0.15) is 5.75 Å². The average molecular weight is 457 g/mol. The van der Waals surface area contributed by atoms with Gasteiger partial charge in [-0.2, -0.15) is 0 Å². The number of hydrogen-bond donors (Lipinski definition) is 2. The van der Waals surface area contributed by atoms with Gasteiger partial charge in [-0.1, -0.05) is 19.1 Å². The standard InChI is InChI=1S/C24H28N2O5S/c1-24-12-11-20-19-8-6-17(27)13-15(19)5-7-21(20)22(24)9-10-23(24)25-32(30,31)18-4-2-3-16(14-18)26(28)29/h2-4,6,8,13-14,20-23,25,27H,5,7,9-12H2,1H3/t20-,21-,22+,23+,24+/m1/s1. The van der Waals surface area contributed by atoms with Crippen LogP contribution in [0.4, 0.5) is 5.69 Å². The Morgan fingerprint density at radius 2 is 1.94 bits per heavy atom. The first-order chi connectivity index (χ1) is 15.2. The predicted octanol–water partition coefficient (Wildman–Crippen LogP) is 4.50. The van der Waals surface area contributed by atoms with Gasteiger partial charge >= 0.3 is 0 Å². The first kappa shape index (κ1) is 21.4. The zero-order valence-electron chi connectivity index (χ0n) is 18.0. The number of nitrogens with zero attached hydrogens (tertiary/aromatic N) is 1. The van der Waals surface area contributed by atoms with E-state index < -0.39 is 14.9 Å². The Hall–Kier alpha value is -2.45. The highest BCUT2D eigenvalue weighted by molar-refractivity contribution is 7.89. The maximum absolute atomic E-state index is 13.1. The molecule has 3 aliphatic rings. The molecule has 0 saturated heterocycles. The van der Waals surface area contributed by atoms with Gasteiger partial charge in [-0.25, -0.2) is 13.1 Å². The minimum atomic E-state index is -3.85. The summed E-state index contributed by atoms with van der Waals surface area (Å²) >= 11 is 0. The lowest BCUT2D eigenvalue weighted by Crippen LogP contribution is -2.50. The van der Waals surface area contributed by atoms with Gasteiger partial charge < -0.3 is 5.11 Å². The van der Waals surface area contributed by atoms with Crippen LogP contribution in [0.3, 0.4) is 0 Å². The van der Waals surface area contributed by atoms with Crippen molar-refractivity contribution in [2.45, 2.75) is 62.3 Å². The largest absolute Gasteiger partial charge is 0.508 e. The first-order valence-corrected chi connectivity index (χ1v) is 12.8. The van der Waals surface area contributed by atoms with E-state index in [0.29, 0.717) is 23.5 Å². The van der Waals surface area contributed by atoms with Crippen molar-refractivity contribution < 1.29 is 18.4 Å². The molecule has 0 radical (unpaired) electrons. The molecule has 2 fully saturated rings. The molecule has 2 aromatic rings. The molecule has 2 saturated carbocycles. The number of fused-ring (bicyclic) bond motifs is 5. The van der Waals surface area contributed by atoms with Crippen molar-refractivity contribution in [2.24, 2.45) is 17.3 Å². The fraction of sp³-hybridized carbons (Fsp3) is 0.500. The van der Waals surface area contributed by atoms with Crippen molar-refractivity contribution in [3.05, 3.63) is 63.7 Å². The van der Waals surface area contributed by atoms with Gasteiger partial charge in [0, 0.05) is 18.2 Å². The zero-order chi connectivity index (χ0) is 22.7. The summed E-state index contributed by atoms with van der Waals surface area (Å²) in [6, 6.07) is 10.8. The van der Waals surface area contributed by atoms with Crippen LogP contribution >= 0.6 is 0 Å². The SMILES string of the molecule is C[C@]12CC[C@@H]3c4ccc(O)cc4CC[C@H]3[C@@H]1CC[C@@H]2NS(=O)(=O)c1cccc([N+](=O)[O-])c1. The third-order valence-electron chi connectivity index (χ3n) is 8.35. The number of benzene rings is 2. The second kappa shape index (κ2) is 7.56. The molecular formula is C24H28N2O5S. The Kier molecular flexibility index (Phi) is 5.05. The van der Waals surface area contributed by atoms with Crippen molar-refractivity contribution in [2.75, 3.05) is 0 Å². The highest BCUT2D eigenvalue weighted by Crippen LogP contribution is 2.61. The van der Waals surface area contributed by atoms with Crippen LogP contribution < -0.4 is 4.72 Å². The third kappa shape index (κ3) is 3.40. The van der Waals surface area contributed by atoms with Gasteiger partial charge in [-0.3, -0.25) is 10.1 Å². The first-order valence-electron chi connectivity index (χ1n) is 11.3. The second-order valence-electron chi connectivity index (χ2n) is 9.85. The number of sulfonamides is 1. The van der Waals surface area contributed by atoms with E-state index in [9.17, 15) is 23.6 Å². The predicted molar refractivity (Wildman–Crippen MR) is 120 cm³/mol. The number of hydrogen-bond acceptors (Lipinski definition) is 5. The summed E-state index contributed by atoms with van der Waals surface area (Å²) in [6.45, 7) is 2.22. The van der Waals surface area contributed by atoms with Crippen LogP contribution in [-0.2, 0) is 16.4 Å². The van der Waals surface area contributed by atoms with Crippen LogP contribution in [0.15, 0.2) is 47.4 Å². The molecule has 2 aromatic carbocycles. The second-order valence-corrected chi connectivity index (χ2v) is 11.6. The van der Waals surface area contributed by atoms with Crippen molar-refractivity contribution >= 4 is 15.7 Å². The molecule has 3 aliphatic carbocycles. The molecule has 5 atom stereocenters. The van der Waals surface area contributed by atoms with Gasteiger partial charge in [0.15, 0.2) is 0 Å². The lowest BCUT2D eigenvalue weighted by molar-refractivity contribution is -0.385. The quantitative estimate of drug-likeness (QED) is 0.520. The number of non-ortho nitro benzene ring substituents is 1. The van der Waals surface area contributed by atoms with Crippen molar-refractivity contribution in [3.8, 4) is 5.75 Å². The molecule has 0 amide bonds. The topological polar surface area (TPSA) is 110 Å². The Labute approximate surface area is 188 Å². The fourth-order valence-corrected chi connectivity index (χ4v) is 8.21. The molecule has 0 unspecified atom stereocenters. The Balaban J connectivity index is 1.39. The van der Waals surface area contributed by atoms with Crippen LogP contribution in [0.25, 0.3) is 0 Å². The lowest BCUT2D eigenvalue weighted by atomic mass is 9.55. The number of nitrogens with one attached hydrogen (secondary N) is 1. The molecule has 32 heavy (non-hydrogen) atoms. The fourth-order valence-electron chi connectivity index (χ4n) is 6.78. The number of rotatable bonds is 4. The van der Waals surface area contributed by atoms with E-state index in [2.05, 4.69) is 17.7 Å². The molecule has 0 spiro atoms. The summed E-state index contributed by atoms with van der Waals surface area (Å²) in [5.41, 5.74) is 2.23. The summed E-state index contributed by atoms with van der Waals surface area (Å²) in [7, 11) is -3.85. The van der Waals surface area contributed by atoms with E-state index in [1.807, 2.05) is 6.07 Å². The van der Waals surface area contributed by atoms with Gasteiger partial charge in [0.25, 0.3) is 5.69 Å². The Morgan fingerprint density at radius 1 is 1.12 bits per heavy atom. The molecule has 0 heterocycles. The minimum Gasteiger partial charge on any atom is -0.508 e. The highest BCUT2D eigenvalue weighted by Gasteiger charge is 2.55. The number of phenolic OH excluding ortho intramolecular Hbond substituents is 1. The van der Waals surface area contributed by atoms with E-state index in [0.717, 1.165) is 44.6 Å². The molecule has 5 rings (SSSR count). The van der Waals surface area contributed by atoms with Gasteiger partial charge in [-0.15, -0.1) is 0 Å². The molecule has 8 heteroatoms. The molecule has 7 nitrogen and oxygen atoms in total. The summed E-state index contributed by atoms with van der Waals surface area (Å²) in [6.07, 6.45) is 5.70. The molecule has 0 aromatic heterocycles. The minimum absolute atomic E-state index is 0.0566. The number of nitro groups is 1. The van der Waals surface area contributed by atoms with Gasteiger partial charge in [-0.05, 0) is 91.0 Å². The zero-order valence-corrected chi connectivity index (χ0v) is 18.8. The van der Waals surface area contributed by atoms with Gasteiger partial charge in [0.05, 0.1) is 9.82 Å². The number of aryl methyl sites for hydroxylation is 1. The van der Waals surface area contributed by atoms with Crippen LogP contribution in [0, 0.1) is 27.4 Å². The smallest absolute Gasteiger partial charge is 0.270 e. The summed E-state index contributed by atoms with van der Waals surface area (Å²) < 4.78 is 29.1. The molecule has 0 aliphatic heterocycles. The maximum atomic E-state index is 13.1. The summed E-state index contributed by atoms with van der Waals surface area (Å²) in [5, 5.41) is 20.9. The third-order valence-corrected chi connectivity index (χ3v) is 9.82. The van der Waals surface area contributed by atoms with Crippen molar-refractivity contribution in [1.29, 1.82) is 0 Å². The van der Waals surface area contributed by atoms with Crippen LogP contribution in [0.5, 0.6) is 5.75 Å². The number of phenols is 1. The molecular weight excluding hydrogens is 428 g/mol. The molecule has 2 N–H and O–H groups in total. The average Bonchev–Trinajstić information content (AvgIpc) is 3.09. The van der Waals surface area contributed by atoms with Gasteiger partial charge in [0.2, 0.25) is 10.0 Å². The van der Waals surface area contributed by atoms with E-state index in [1.54, 1.807) is 6.07 Å². The normalized spacial score (nSPS) is 31.4. The van der Waals surface area contributed by atoms with Crippen LogP contribution in [0.2, 0.25) is 0 Å². The maximum Gasteiger partial charge on any atom is 0.270 e. The van der Waals surface area contributed by atoms with E-state index in [1.165, 1.54) is 29.3 Å². The summed E-state index contributed by atoms with van der Waals surface area (Å²) in [5.74, 6) is 1.73. The van der Waals surface area contributed by atoms with Crippen LogP contribution in [-0.4, -0.2) is 24.5 Å². The van der Waals surface area contributed by atoms with E-state index >= 15 is 0 Å². The van der Waals surface area contributed by atoms with Crippen molar-refractivity contribution in [1.82, 2.24) is 4.72 Å². The number of aromatic hydroxyl groups is 1. The van der Waals surface area contributed by atoms with E-state index in [-0.39, 0.29) is 22.0 Å². The Morgan fingerprint density at radius 3 is 2.72 bits per heavy atom.